The van der Waals surface area contributed by atoms with Crippen LogP contribution in [0.15, 0.2) is 29.6 Å². The summed E-state index contributed by atoms with van der Waals surface area (Å²) in [5.41, 5.74) is 1.26. The molecular formula is C24H31N3O5S. The largest absolute Gasteiger partial charge is 0.528 e. The Morgan fingerprint density at radius 2 is 1.88 bits per heavy atom. The van der Waals surface area contributed by atoms with Crippen molar-refractivity contribution >= 4 is 29.1 Å². The number of hydrogen-bond donors (Lipinski definition) is 0. The number of ether oxygens (including phenoxy) is 2. The number of hydroxylamine groups is 2. The molecule has 2 aliphatic heterocycles. The molecule has 9 heteroatoms. The van der Waals surface area contributed by atoms with Gasteiger partial charge in [-0.3, -0.25) is 4.79 Å². The molecule has 0 bridgehead atoms. The summed E-state index contributed by atoms with van der Waals surface area (Å²) in [4.78, 5) is 35.6. The van der Waals surface area contributed by atoms with Gasteiger partial charge in [0.1, 0.15) is 18.0 Å². The molecule has 0 aliphatic carbocycles. The lowest BCUT2D eigenvalue weighted by Gasteiger charge is -2.30. The minimum atomic E-state index is -0.658. The number of piperidine rings is 1. The number of anilines is 1. The van der Waals surface area contributed by atoms with E-state index < -0.39 is 11.8 Å². The average molecular weight is 474 g/mol. The van der Waals surface area contributed by atoms with Crippen molar-refractivity contribution in [1.82, 2.24) is 10.0 Å². The van der Waals surface area contributed by atoms with Crippen LogP contribution in [0.1, 0.15) is 63.1 Å². The van der Waals surface area contributed by atoms with Crippen LogP contribution in [0, 0.1) is 0 Å². The highest BCUT2D eigenvalue weighted by Crippen LogP contribution is 2.31. The molecule has 4 rings (SSSR count). The van der Waals surface area contributed by atoms with Gasteiger partial charge in [0.25, 0.3) is 0 Å². The molecule has 33 heavy (non-hydrogen) atoms. The smallest absolute Gasteiger partial charge is 0.487 e. The lowest BCUT2D eigenvalue weighted by atomic mass is 9.99. The molecule has 178 valence electrons. The first-order chi connectivity index (χ1) is 15.8. The molecule has 2 saturated heterocycles. The Bertz CT molecular complexity index is 961. The first-order valence-electron chi connectivity index (χ1n) is 11.4. The standard InChI is InChI=1S/C24H31N3O5S/c1-24(2,3)31-23(29)32-26-13-10-17(11-14-26)22-25-18(16-33-22)15-30-20-8-6-19(7-9-20)27-12-4-5-21(27)28/h6-9,16-17H,4-5,10-15H2,1-3H3. The molecule has 0 spiro atoms. The molecule has 2 fully saturated rings. The second-order valence-corrected chi connectivity index (χ2v) is 10.3. The summed E-state index contributed by atoms with van der Waals surface area (Å²) in [5, 5.41) is 4.80. The fourth-order valence-electron chi connectivity index (χ4n) is 3.95. The average Bonchev–Trinajstić information content (AvgIpc) is 3.41. The SMILES string of the molecule is CC(C)(C)OC(=O)ON1CCC(c2nc(COc3ccc(N4CCCC4=O)cc3)cs2)CC1. The van der Waals surface area contributed by atoms with Crippen molar-refractivity contribution in [2.24, 2.45) is 0 Å². The minimum Gasteiger partial charge on any atom is -0.487 e. The van der Waals surface area contributed by atoms with Gasteiger partial charge in [-0.15, -0.1) is 16.4 Å². The predicted octanol–water partition coefficient (Wildman–Crippen LogP) is 4.90. The van der Waals surface area contributed by atoms with Crippen LogP contribution in [0.2, 0.25) is 0 Å². The van der Waals surface area contributed by atoms with Gasteiger partial charge in [-0.2, -0.15) is 0 Å². The van der Waals surface area contributed by atoms with Crippen molar-refractivity contribution in [3.63, 3.8) is 0 Å². The van der Waals surface area contributed by atoms with Crippen molar-refractivity contribution in [1.29, 1.82) is 0 Å². The zero-order valence-corrected chi connectivity index (χ0v) is 20.2. The number of carbonyl (C=O) groups excluding carboxylic acids is 2. The summed E-state index contributed by atoms with van der Waals surface area (Å²) < 4.78 is 11.1. The van der Waals surface area contributed by atoms with Crippen LogP contribution in [0.4, 0.5) is 10.5 Å². The van der Waals surface area contributed by atoms with E-state index in [-0.39, 0.29) is 5.91 Å². The van der Waals surface area contributed by atoms with Gasteiger partial charge < -0.3 is 19.2 Å². The number of amides is 1. The lowest BCUT2D eigenvalue weighted by Crippen LogP contribution is -2.37. The van der Waals surface area contributed by atoms with E-state index in [9.17, 15) is 9.59 Å². The van der Waals surface area contributed by atoms with Crippen molar-refractivity contribution in [2.45, 2.75) is 64.6 Å². The first-order valence-corrected chi connectivity index (χ1v) is 12.3. The highest BCUT2D eigenvalue weighted by Gasteiger charge is 2.27. The van der Waals surface area contributed by atoms with E-state index in [2.05, 4.69) is 0 Å². The van der Waals surface area contributed by atoms with Gasteiger partial charge in [-0.05, 0) is 64.3 Å². The predicted molar refractivity (Wildman–Crippen MR) is 125 cm³/mol. The van der Waals surface area contributed by atoms with Gasteiger partial charge in [-0.1, -0.05) is 0 Å². The van der Waals surface area contributed by atoms with Crippen LogP contribution in [-0.2, 0) is 21.0 Å². The minimum absolute atomic E-state index is 0.181. The van der Waals surface area contributed by atoms with E-state index in [1.54, 1.807) is 16.4 Å². The van der Waals surface area contributed by atoms with E-state index in [1.165, 1.54) is 0 Å². The van der Waals surface area contributed by atoms with Gasteiger partial charge >= 0.3 is 6.16 Å². The summed E-state index contributed by atoms with van der Waals surface area (Å²) in [6.07, 6.45) is 2.62. The Labute approximate surface area is 198 Å². The zero-order valence-electron chi connectivity index (χ0n) is 19.4. The Morgan fingerprint density at radius 3 is 2.52 bits per heavy atom. The molecule has 0 unspecified atom stereocenters. The van der Waals surface area contributed by atoms with Crippen LogP contribution in [0.3, 0.4) is 0 Å². The number of hydrogen-bond acceptors (Lipinski definition) is 8. The van der Waals surface area contributed by atoms with Gasteiger partial charge in [-0.25, -0.2) is 9.78 Å². The quantitative estimate of drug-likeness (QED) is 0.552. The van der Waals surface area contributed by atoms with Crippen LogP contribution < -0.4 is 9.64 Å². The topological polar surface area (TPSA) is 81.2 Å². The fourth-order valence-corrected chi connectivity index (χ4v) is 4.92. The molecule has 2 aliphatic rings. The van der Waals surface area contributed by atoms with Gasteiger partial charge in [0.05, 0.1) is 10.7 Å². The van der Waals surface area contributed by atoms with E-state index in [0.29, 0.717) is 32.0 Å². The zero-order chi connectivity index (χ0) is 23.4. The van der Waals surface area contributed by atoms with Gasteiger partial charge in [0.15, 0.2) is 0 Å². The van der Waals surface area contributed by atoms with E-state index in [4.69, 9.17) is 19.3 Å². The van der Waals surface area contributed by atoms with Crippen molar-refractivity contribution < 1.29 is 23.9 Å². The van der Waals surface area contributed by atoms with Crippen molar-refractivity contribution in [3.8, 4) is 5.75 Å². The molecule has 1 amide bonds. The monoisotopic (exact) mass is 473 g/mol. The third kappa shape index (κ3) is 6.45. The molecule has 0 N–H and O–H groups in total. The molecule has 8 nitrogen and oxygen atoms in total. The fraction of sp³-hybridized carbons (Fsp3) is 0.542. The summed E-state index contributed by atoms with van der Waals surface area (Å²) in [6.45, 7) is 7.94. The highest BCUT2D eigenvalue weighted by atomic mass is 32.1. The summed E-state index contributed by atoms with van der Waals surface area (Å²) >= 11 is 1.65. The molecular weight excluding hydrogens is 442 g/mol. The van der Waals surface area contributed by atoms with Crippen molar-refractivity contribution in [3.05, 3.63) is 40.3 Å². The maximum Gasteiger partial charge on any atom is 0.528 e. The Balaban J connectivity index is 1.23. The molecule has 0 atom stereocenters. The number of carbonyl (C=O) groups is 2. The number of thiazole rings is 1. The van der Waals surface area contributed by atoms with E-state index in [0.717, 1.165) is 47.9 Å². The summed E-state index contributed by atoms with van der Waals surface area (Å²) in [6, 6.07) is 7.65. The van der Waals surface area contributed by atoms with Crippen LogP contribution in [0.25, 0.3) is 0 Å². The van der Waals surface area contributed by atoms with Crippen molar-refractivity contribution in [2.75, 3.05) is 24.5 Å². The maximum absolute atomic E-state index is 11.9. The van der Waals surface area contributed by atoms with Crippen LogP contribution in [0.5, 0.6) is 5.75 Å². The summed E-state index contributed by atoms with van der Waals surface area (Å²) in [7, 11) is 0. The molecule has 0 saturated carbocycles. The Hall–Kier alpha value is -2.65. The molecule has 1 aromatic heterocycles. The normalized spacial score (nSPS) is 17.9. The van der Waals surface area contributed by atoms with E-state index in [1.807, 2.05) is 55.3 Å². The Morgan fingerprint density at radius 1 is 1.15 bits per heavy atom. The van der Waals surface area contributed by atoms with Crippen LogP contribution >= 0.6 is 11.3 Å². The third-order valence-electron chi connectivity index (χ3n) is 5.57. The molecule has 0 radical (unpaired) electrons. The number of rotatable bonds is 6. The number of nitrogens with zero attached hydrogens (tertiary/aromatic N) is 3. The third-order valence-corrected chi connectivity index (χ3v) is 6.63. The van der Waals surface area contributed by atoms with Gasteiger partial charge in [0.2, 0.25) is 5.91 Å². The first kappa shape index (κ1) is 23.5. The van der Waals surface area contributed by atoms with E-state index >= 15 is 0 Å². The van der Waals surface area contributed by atoms with Crippen LogP contribution in [-0.4, -0.2) is 47.3 Å². The number of aromatic nitrogens is 1. The van der Waals surface area contributed by atoms with Gasteiger partial charge in [0, 0.05) is 43.0 Å². The molecule has 1 aromatic carbocycles. The number of benzene rings is 1. The Kier molecular flexibility index (Phi) is 7.19. The molecule has 2 aromatic rings. The maximum atomic E-state index is 11.9. The molecule has 3 heterocycles. The summed E-state index contributed by atoms with van der Waals surface area (Å²) in [5.74, 6) is 1.29. The lowest BCUT2D eigenvalue weighted by molar-refractivity contribution is -0.152. The highest BCUT2D eigenvalue weighted by molar-refractivity contribution is 7.09. The second kappa shape index (κ2) is 10.1. The second-order valence-electron chi connectivity index (χ2n) is 9.37.